The van der Waals surface area contributed by atoms with Gasteiger partial charge in [0.25, 0.3) is 0 Å². The van der Waals surface area contributed by atoms with Crippen LogP contribution in [0.3, 0.4) is 0 Å². The molecule has 22 heavy (non-hydrogen) atoms. The third-order valence-electron chi connectivity index (χ3n) is 4.03. The number of benzene rings is 1. The highest BCUT2D eigenvalue weighted by atomic mass is 16.4. The van der Waals surface area contributed by atoms with E-state index in [4.69, 9.17) is 4.42 Å². The first-order valence-electron chi connectivity index (χ1n) is 7.58. The lowest BCUT2D eigenvalue weighted by Crippen LogP contribution is -2.39. The van der Waals surface area contributed by atoms with E-state index in [1.165, 1.54) is 0 Å². The number of amides is 2. The van der Waals surface area contributed by atoms with Gasteiger partial charge >= 0.3 is 6.03 Å². The Morgan fingerprint density at radius 2 is 2.14 bits per heavy atom. The molecule has 2 atom stereocenters. The van der Waals surface area contributed by atoms with Crippen LogP contribution >= 0.6 is 0 Å². The summed E-state index contributed by atoms with van der Waals surface area (Å²) in [5, 5.41) is 13.1. The molecular formula is C17H20N2O3. The van der Waals surface area contributed by atoms with Crippen LogP contribution in [0.1, 0.15) is 31.1 Å². The lowest BCUT2D eigenvalue weighted by atomic mass is 10.1. The van der Waals surface area contributed by atoms with Gasteiger partial charge < -0.3 is 19.7 Å². The van der Waals surface area contributed by atoms with Crippen LogP contribution in [0, 0.1) is 0 Å². The van der Waals surface area contributed by atoms with E-state index in [9.17, 15) is 9.90 Å². The molecule has 2 amide bonds. The smallest absolute Gasteiger partial charge is 0.322 e. The van der Waals surface area contributed by atoms with Crippen molar-refractivity contribution in [1.29, 1.82) is 0 Å². The Morgan fingerprint density at radius 3 is 2.86 bits per heavy atom. The number of rotatable bonds is 4. The number of nitrogens with zero attached hydrogens (tertiary/aromatic N) is 1. The molecule has 5 nitrogen and oxygen atoms in total. The van der Waals surface area contributed by atoms with Crippen LogP contribution < -0.4 is 5.32 Å². The maximum Gasteiger partial charge on any atom is 0.322 e. The van der Waals surface area contributed by atoms with E-state index in [1.807, 2.05) is 30.3 Å². The predicted molar refractivity (Wildman–Crippen MR) is 83.5 cm³/mol. The van der Waals surface area contributed by atoms with E-state index in [-0.39, 0.29) is 12.1 Å². The van der Waals surface area contributed by atoms with Crippen LogP contribution in [0.15, 0.2) is 53.1 Å². The number of aliphatic hydroxyl groups excluding tert-OH is 1. The first kappa shape index (κ1) is 14.7. The van der Waals surface area contributed by atoms with Crippen LogP contribution in [0.4, 0.5) is 10.5 Å². The molecule has 1 fully saturated rings. The van der Waals surface area contributed by atoms with Crippen molar-refractivity contribution in [3.05, 3.63) is 54.5 Å². The minimum absolute atomic E-state index is 0.0313. The molecule has 0 radical (unpaired) electrons. The van der Waals surface area contributed by atoms with Crippen molar-refractivity contribution in [3.8, 4) is 0 Å². The number of carbonyl (C=O) groups excluding carboxylic acids is 1. The molecule has 1 saturated heterocycles. The fourth-order valence-corrected chi connectivity index (χ4v) is 2.92. The second-order valence-electron chi connectivity index (χ2n) is 5.55. The van der Waals surface area contributed by atoms with Crippen molar-refractivity contribution in [2.24, 2.45) is 0 Å². The number of hydrogen-bond donors (Lipinski definition) is 2. The summed E-state index contributed by atoms with van der Waals surface area (Å²) >= 11 is 0. The molecule has 3 rings (SSSR count). The summed E-state index contributed by atoms with van der Waals surface area (Å²) < 4.78 is 5.23. The van der Waals surface area contributed by atoms with Gasteiger partial charge in [-0.05, 0) is 37.1 Å². The monoisotopic (exact) mass is 300 g/mol. The third-order valence-corrected chi connectivity index (χ3v) is 4.03. The molecular weight excluding hydrogens is 280 g/mol. The third kappa shape index (κ3) is 3.31. The SMILES string of the molecule is O=C(Nc1ccccc1)N1CCCC1CC(O)c1ccco1. The predicted octanol–water partition coefficient (Wildman–Crippen LogP) is 3.40. The number of aliphatic hydroxyl groups is 1. The van der Waals surface area contributed by atoms with E-state index in [1.54, 1.807) is 23.3 Å². The van der Waals surface area contributed by atoms with Crippen molar-refractivity contribution >= 4 is 11.7 Å². The average molecular weight is 300 g/mol. The van der Waals surface area contributed by atoms with Crippen LogP contribution in [0.25, 0.3) is 0 Å². The van der Waals surface area contributed by atoms with E-state index in [0.29, 0.717) is 18.7 Å². The molecule has 1 aliphatic heterocycles. The molecule has 116 valence electrons. The normalized spacial score (nSPS) is 19.1. The zero-order valence-electron chi connectivity index (χ0n) is 12.3. The molecule has 0 spiro atoms. The number of furan rings is 1. The highest BCUT2D eigenvalue weighted by Gasteiger charge is 2.31. The van der Waals surface area contributed by atoms with Gasteiger partial charge in [-0.3, -0.25) is 0 Å². The number of para-hydroxylation sites is 1. The zero-order chi connectivity index (χ0) is 15.4. The van der Waals surface area contributed by atoms with E-state index < -0.39 is 6.10 Å². The van der Waals surface area contributed by atoms with Crippen LogP contribution in [0.2, 0.25) is 0 Å². The molecule has 0 bridgehead atoms. The standard InChI is InChI=1S/C17H20N2O3/c20-15(16-9-5-11-22-16)12-14-8-4-10-19(14)17(21)18-13-6-2-1-3-7-13/h1-3,5-7,9,11,14-15,20H,4,8,10,12H2,(H,18,21). The van der Waals surface area contributed by atoms with Crippen LogP contribution in [-0.4, -0.2) is 28.6 Å². The topological polar surface area (TPSA) is 65.7 Å². The number of carbonyl (C=O) groups is 1. The Bertz CT molecular complexity index is 598. The number of hydrogen-bond acceptors (Lipinski definition) is 3. The quantitative estimate of drug-likeness (QED) is 0.909. The maximum absolute atomic E-state index is 12.4. The van der Waals surface area contributed by atoms with Crippen molar-refractivity contribution in [2.45, 2.75) is 31.4 Å². The van der Waals surface area contributed by atoms with E-state index >= 15 is 0 Å². The minimum atomic E-state index is -0.676. The van der Waals surface area contributed by atoms with Gasteiger partial charge in [0, 0.05) is 24.7 Å². The maximum atomic E-state index is 12.4. The summed E-state index contributed by atoms with van der Waals surface area (Å²) in [5.41, 5.74) is 0.782. The van der Waals surface area contributed by atoms with E-state index in [0.717, 1.165) is 18.5 Å². The summed E-state index contributed by atoms with van der Waals surface area (Å²) in [6, 6.07) is 12.8. The molecule has 1 aromatic carbocycles. The molecule has 1 aliphatic rings. The molecule has 2 heterocycles. The molecule has 2 aromatic rings. The van der Waals surface area contributed by atoms with Gasteiger partial charge in [-0.15, -0.1) is 0 Å². The Labute approximate surface area is 129 Å². The molecule has 0 aliphatic carbocycles. The van der Waals surface area contributed by atoms with Gasteiger partial charge in [-0.1, -0.05) is 18.2 Å². The fourth-order valence-electron chi connectivity index (χ4n) is 2.92. The van der Waals surface area contributed by atoms with Crippen molar-refractivity contribution in [3.63, 3.8) is 0 Å². The van der Waals surface area contributed by atoms with Gasteiger partial charge in [0.1, 0.15) is 11.9 Å². The van der Waals surface area contributed by atoms with Crippen molar-refractivity contribution in [1.82, 2.24) is 4.90 Å². The average Bonchev–Trinajstić information content (AvgIpc) is 3.19. The Balaban J connectivity index is 1.61. The van der Waals surface area contributed by atoms with E-state index in [2.05, 4.69) is 5.32 Å². The number of urea groups is 1. The minimum Gasteiger partial charge on any atom is -0.467 e. The van der Waals surface area contributed by atoms with Gasteiger partial charge in [-0.2, -0.15) is 0 Å². The number of anilines is 1. The van der Waals surface area contributed by atoms with Crippen LogP contribution in [0.5, 0.6) is 0 Å². The van der Waals surface area contributed by atoms with Gasteiger partial charge in [0.2, 0.25) is 0 Å². The second kappa shape index (κ2) is 6.66. The number of nitrogens with one attached hydrogen (secondary N) is 1. The summed E-state index contributed by atoms with van der Waals surface area (Å²) in [6.45, 7) is 0.716. The second-order valence-corrected chi connectivity index (χ2v) is 5.55. The lowest BCUT2D eigenvalue weighted by Gasteiger charge is -2.26. The molecule has 1 aromatic heterocycles. The molecule has 0 saturated carbocycles. The largest absolute Gasteiger partial charge is 0.467 e. The summed E-state index contributed by atoms with van der Waals surface area (Å²) in [6.07, 6.45) is 3.23. The van der Waals surface area contributed by atoms with Crippen molar-refractivity contribution < 1.29 is 14.3 Å². The summed E-state index contributed by atoms with van der Waals surface area (Å²) in [5.74, 6) is 0.551. The molecule has 2 unspecified atom stereocenters. The first-order valence-corrected chi connectivity index (χ1v) is 7.58. The summed E-state index contributed by atoms with van der Waals surface area (Å²) in [4.78, 5) is 14.2. The van der Waals surface area contributed by atoms with Gasteiger partial charge in [0.15, 0.2) is 0 Å². The van der Waals surface area contributed by atoms with Crippen LogP contribution in [-0.2, 0) is 0 Å². The zero-order valence-corrected chi connectivity index (χ0v) is 12.3. The lowest BCUT2D eigenvalue weighted by molar-refractivity contribution is 0.110. The molecule has 2 N–H and O–H groups in total. The summed E-state index contributed by atoms with van der Waals surface area (Å²) in [7, 11) is 0. The Hall–Kier alpha value is -2.27. The Kier molecular flexibility index (Phi) is 4.44. The fraction of sp³-hybridized carbons (Fsp3) is 0.353. The van der Waals surface area contributed by atoms with Crippen molar-refractivity contribution in [2.75, 3.05) is 11.9 Å². The highest BCUT2D eigenvalue weighted by molar-refractivity contribution is 5.89. The first-order chi connectivity index (χ1) is 10.7. The molecule has 5 heteroatoms. The Morgan fingerprint density at radius 1 is 1.32 bits per heavy atom. The van der Waals surface area contributed by atoms with Gasteiger partial charge in [0.05, 0.1) is 6.26 Å². The number of likely N-dealkylation sites (tertiary alicyclic amines) is 1. The highest BCUT2D eigenvalue weighted by Crippen LogP contribution is 2.28. The van der Waals surface area contributed by atoms with Gasteiger partial charge in [-0.25, -0.2) is 4.79 Å².